The van der Waals surface area contributed by atoms with Crippen molar-refractivity contribution in [1.29, 1.82) is 0 Å². The van der Waals surface area contributed by atoms with Gasteiger partial charge in [0.1, 0.15) is 0 Å². The van der Waals surface area contributed by atoms with Crippen molar-refractivity contribution in [2.45, 2.75) is 19.3 Å². The Morgan fingerprint density at radius 1 is 0.453 bits per heavy atom. The van der Waals surface area contributed by atoms with Crippen LogP contribution in [0.4, 0.5) is 0 Å². The fraction of sp³-hybridized carbons (Fsp3) is 0.0625. The highest BCUT2D eigenvalue weighted by atomic mass is 32.1. The monoisotopic (exact) mass is 696 g/mol. The second-order valence-corrected chi connectivity index (χ2v) is 15.5. The Kier molecular flexibility index (Phi) is 6.43. The molecule has 1 aliphatic carbocycles. The summed E-state index contributed by atoms with van der Waals surface area (Å²) in [5.41, 5.74) is 11.7. The summed E-state index contributed by atoms with van der Waals surface area (Å²) in [7, 11) is 0. The van der Waals surface area contributed by atoms with E-state index in [-0.39, 0.29) is 5.41 Å². The fourth-order valence-electron chi connectivity index (χ4n) is 8.51. The molecular weight excluding hydrogens is 665 g/mol. The number of aromatic nitrogens is 4. The van der Waals surface area contributed by atoms with E-state index < -0.39 is 0 Å². The van der Waals surface area contributed by atoms with E-state index in [0.717, 1.165) is 22.2 Å². The molecule has 0 saturated heterocycles. The number of thiophene rings is 1. The van der Waals surface area contributed by atoms with E-state index in [9.17, 15) is 0 Å². The Hall–Kier alpha value is -6.43. The lowest BCUT2D eigenvalue weighted by Crippen LogP contribution is -2.15. The van der Waals surface area contributed by atoms with Crippen LogP contribution in [0.5, 0.6) is 0 Å². The molecule has 0 saturated carbocycles. The van der Waals surface area contributed by atoms with Crippen LogP contribution >= 0.6 is 11.3 Å². The summed E-state index contributed by atoms with van der Waals surface area (Å²) >= 11 is 1.82. The van der Waals surface area contributed by atoms with Gasteiger partial charge in [-0.25, -0.2) is 4.98 Å². The molecule has 0 fully saturated rings. The van der Waals surface area contributed by atoms with Crippen LogP contribution in [0.1, 0.15) is 25.0 Å². The van der Waals surface area contributed by atoms with E-state index >= 15 is 0 Å². The number of hydrogen-bond acceptors (Lipinski definition) is 4. The Morgan fingerprint density at radius 3 is 1.98 bits per heavy atom. The van der Waals surface area contributed by atoms with Gasteiger partial charge in [-0.15, -0.1) is 11.3 Å². The van der Waals surface area contributed by atoms with Crippen molar-refractivity contribution in [2.24, 2.45) is 0 Å². The van der Waals surface area contributed by atoms with Gasteiger partial charge in [0, 0.05) is 47.5 Å². The number of hydrogen-bond donors (Lipinski definition) is 0. The summed E-state index contributed by atoms with van der Waals surface area (Å²) < 4.78 is 4.71. The van der Waals surface area contributed by atoms with Crippen LogP contribution < -0.4 is 0 Å². The molecule has 0 spiro atoms. The minimum Gasteiger partial charge on any atom is -0.278 e. The Morgan fingerprint density at radius 2 is 1.15 bits per heavy atom. The van der Waals surface area contributed by atoms with Gasteiger partial charge in [-0.05, 0) is 63.7 Å². The third-order valence-corrected chi connectivity index (χ3v) is 12.2. The summed E-state index contributed by atoms with van der Waals surface area (Å²) in [5, 5.41) is 4.90. The molecule has 250 valence electrons. The van der Waals surface area contributed by atoms with E-state index in [1.807, 2.05) is 29.5 Å². The summed E-state index contributed by atoms with van der Waals surface area (Å²) in [6.45, 7) is 4.66. The normalized spacial score (nSPS) is 13.2. The quantitative estimate of drug-likeness (QED) is 0.184. The summed E-state index contributed by atoms with van der Waals surface area (Å²) in [6, 6.07) is 56.4. The summed E-state index contributed by atoms with van der Waals surface area (Å²) in [4.78, 5) is 15.7. The first-order valence-electron chi connectivity index (χ1n) is 18.0. The fourth-order valence-corrected chi connectivity index (χ4v) is 9.68. The highest BCUT2D eigenvalue weighted by Crippen LogP contribution is 2.51. The highest BCUT2D eigenvalue weighted by molar-refractivity contribution is 7.26. The molecule has 53 heavy (non-hydrogen) atoms. The third kappa shape index (κ3) is 4.51. The molecule has 0 unspecified atom stereocenters. The average Bonchev–Trinajstić information content (AvgIpc) is 3.82. The van der Waals surface area contributed by atoms with Crippen molar-refractivity contribution in [3.05, 3.63) is 169 Å². The molecule has 0 aliphatic heterocycles. The van der Waals surface area contributed by atoms with Crippen molar-refractivity contribution >= 4 is 53.3 Å². The van der Waals surface area contributed by atoms with Crippen LogP contribution in [0.3, 0.4) is 0 Å². The smallest absolute Gasteiger partial charge is 0.238 e. The van der Waals surface area contributed by atoms with Crippen LogP contribution in [-0.2, 0) is 5.41 Å². The van der Waals surface area contributed by atoms with E-state index in [2.05, 4.69) is 158 Å². The van der Waals surface area contributed by atoms with Crippen LogP contribution in [0, 0.1) is 0 Å². The van der Waals surface area contributed by atoms with Crippen molar-refractivity contribution < 1.29 is 0 Å². The van der Waals surface area contributed by atoms with Crippen molar-refractivity contribution in [3.8, 4) is 51.0 Å². The van der Waals surface area contributed by atoms with E-state index in [4.69, 9.17) is 15.0 Å². The predicted octanol–water partition coefficient (Wildman–Crippen LogP) is 12.6. The molecule has 0 radical (unpaired) electrons. The molecule has 0 N–H and O–H groups in total. The first-order valence-corrected chi connectivity index (χ1v) is 18.9. The molecule has 0 bridgehead atoms. The lowest BCUT2D eigenvalue weighted by Gasteiger charge is -2.21. The number of fused-ring (bicyclic) bond motifs is 9. The van der Waals surface area contributed by atoms with Gasteiger partial charge in [0.2, 0.25) is 5.95 Å². The molecule has 7 aromatic carbocycles. The topological polar surface area (TPSA) is 43.6 Å². The van der Waals surface area contributed by atoms with Gasteiger partial charge < -0.3 is 0 Å². The van der Waals surface area contributed by atoms with Crippen molar-refractivity contribution in [1.82, 2.24) is 19.5 Å². The molecule has 10 aromatic rings. The maximum atomic E-state index is 5.31. The molecule has 0 atom stereocenters. The number of rotatable bonds is 4. The SMILES string of the molecule is CC1(C)c2ccccc2-c2cc3c4ccccc4n(-c4nc(-c5ccccc5)nc(-c5ccc6c(c5)sc5cccc(-c7ccccc7)c56)n4)c3cc21. The second kappa shape index (κ2) is 11.3. The zero-order chi connectivity index (χ0) is 35.3. The standard InChI is InChI=1S/C48H32N4S/c1-48(2)38-21-11-9-18-33(38)36-27-37-34-19-10-12-22-40(34)52(41(37)28-39(36)48)47-50-45(30-16-7-4-8-17-30)49-46(51-47)31-24-25-35-43(26-31)53-42-23-13-20-32(44(35)42)29-14-5-3-6-15-29/h3-28H,1-2H3. The second-order valence-electron chi connectivity index (χ2n) is 14.4. The zero-order valence-electron chi connectivity index (χ0n) is 29.2. The van der Waals surface area contributed by atoms with Gasteiger partial charge in [-0.1, -0.05) is 141 Å². The molecule has 3 aromatic heterocycles. The number of benzene rings is 7. The maximum absolute atomic E-state index is 5.31. The van der Waals surface area contributed by atoms with Gasteiger partial charge >= 0.3 is 0 Å². The van der Waals surface area contributed by atoms with Crippen molar-refractivity contribution in [2.75, 3.05) is 0 Å². The molecule has 11 rings (SSSR count). The van der Waals surface area contributed by atoms with Crippen LogP contribution in [0.25, 0.3) is 93.0 Å². The molecule has 5 heteroatoms. The third-order valence-electron chi connectivity index (χ3n) is 11.1. The van der Waals surface area contributed by atoms with E-state index in [1.54, 1.807) is 0 Å². The first-order chi connectivity index (χ1) is 26.0. The van der Waals surface area contributed by atoms with Crippen molar-refractivity contribution in [3.63, 3.8) is 0 Å². The average molecular weight is 697 g/mol. The maximum Gasteiger partial charge on any atom is 0.238 e. The van der Waals surface area contributed by atoms with Gasteiger partial charge in [0.05, 0.1) is 11.0 Å². The van der Waals surface area contributed by atoms with E-state index in [1.165, 1.54) is 64.3 Å². The molecule has 4 nitrogen and oxygen atoms in total. The zero-order valence-corrected chi connectivity index (χ0v) is 30.0. The Labute approximate surface area is 310 Å². The summed E-state index contributed by atoms with van der Waals surface area (Å²) in [5.74, 6) is 1.90. The highest BCUT2D eigenvalue weighted by Gasteiger charge is 2.36. The minimum absolute atomic E-state index is 0.138. The Balaban J connectivity index is 1.15. The van der Waals surface area contributed by atoms with Gasteiger partial charge in [-0.2, -0.15) is 9.97 Å². The largest absolute Gasteiger partial charge is 0.278 e. The molecular formula is C48H32N4S. The molecule has 0 amide bonds. The predicted molar refractivity (Wildman–Crippen MR) is 221 cm³/mol. The summed E-state index contributed by atoms with van der Waals surface area (Å²) in [6.07, 6.45) is 0. The first kappa shape index (κ1) is 30.2. The number of nitrogens with zero attached hydrogens (tertiary/aromatic N) is 4. The molecule has 1 aliphatic rings. The van der Waals surface area contributed by atoms with Gasteiger partial charge in [-0.3, -0.25) is 4.57 Å². The van der Waals surface area contributed by atoms with Crippen LogP contribution in [-0.4, -0.2) is 19.5 Å². The van der Waals surface area contributed by atoms with Gasteiger partial charge in [0.25, 0.3) is 0 Å². The van der Waals surface area contributed by atoms with Crippen LogP contribution in [0.2, 0.25) is 0 Å². The van der Waals surface area contributed by atoms with Gasteiger partial charge in [0.15, 0.2) is 11.6 Å². The number of para-hydroxylation sites is 1. The van der Waals surface area contributed by atoms with E-state index in [0.29, 0.717) is 17.6 Å². The Bertz CT molecular complexity index is 3080. The minimum atomic E-state index is -0.138. The lowest BCUT2D eigenvalue weighted by atomic mass is 9.82. The lowest BCUT2D eigenvalue weighted by molar-refractivity contribution is 0.661. The molecule has 3 heterocycles. The van der Waals surface area contributed by atoms with Crippen LogP contribution in [0.15, 0.2) is 158 Å².